The second-order valence-electron chi connectivity index (χ2n) is 9.71. The van der Waals surface area contributed by atoms with Gasteiger partial charge in [-0.15, -0.1) is 0 Å². The fraction of sp³-hybridized carbons (Fsp3) is 0.400. The van der Waals surface area contributed by atoms with Gasteiger partial charge in [0.25, 0.3) is 11.8 Å². The van der Waals surface area contributed by atoms with Crippen molar-refractivity contribution in [3.8, 4) is 17.3 Å². The maximum atomic E-state index is 13.5. The summed E-state index contributed by atoms with van der Waals surface area (Å²) >= 11 is 0. The molecule has 1 saturated heterocycles. The first-order valence-electron chi connectivity index (χ1n) is 11.9. The number of carbonyl (C=O) groups excluding carboxylic acids is 1. The molecule has 0 aliphatic carbocycles. The summed E-state index contributed by atoms with van der Waals surface area (Å²) in [6.07, 6.45) is 0.853. The number of hydrogen-bond acceptors (Lipinski definition) is 8. The van der Waals surface area contributed by atoms with Gasteiger partial charge in [-0.1, -0.05) is 6.92 Å². The molecule has 37 heavy (non-hydrogen) atoms. The lowest BCUT2D eigenvalue weighted by Gasteiger charge is -2.31. The first kappa shape index (κ1) is 24.6. The summed E-state index contributed by atoms with van der Waals surface area (Å²) in [7, 11) is 1.65. The zero-order valence-electron chi connectivity index (χ0n) is 20.4. The molecular weight excluding hydrogens is 482 g/mol. The molecule has 1 atom stereocenters. The summed E-state index contributed by atoms with van der Waals surface area (Å²) < 4.78 is 28.4. The molecule has 1 fully saturated rings. The second kappa shape index (κ2) is 9.08. The highest BCUT2D eigenvalue weighted by Crippen LogP contribution is 2.41. The van der Waals surface area contributed by atoms with Crippen LogP contribution in [0.5, 0.6) is 0 Å². The Morgan fingerprint density at radius 3 is 2.76 bits per heavy atom. The van der Waals surface area contributed by atoms with Gasteiger partial charge in [-0.25, -0.2) is 18.7 Å². The van der Waals surface area contributed by atoms with Gasteiger partial charge in [0.2, 0.25) is 5.95 Å². The molecule has 0 radical (unpaired) electrons. The number of carbonyl (C=O) groups is 1. The minimum atomic E-state index is -2.74. The van der Waals surface area contributed by atoms with E-state index in [2.05, 4.69) is 31.8 Å². The molecule has 2 aromatic heterocycles. The van der Waals surface area contributed by atoms with E-state index in [1.54, 1.807) is 25.4 Å². The number of aryl methyl sites for hydroxylation is 1. The van der Waals surface area contributed by atoms with Crippen LogP contribution >= 0.6 is 0 Å². The molecule has 3 aromatic rings. The quantitative estimate of drug-likeness (QED) is 0.479. The molecule has 10 nitrogen and oxygen atoms in total. The fourth-order valence-corrected chi connectivity index (χ4v) is 4.65. The summed E-state index contributed by atoms with van der Waals surface area (Å²) in [5.74, 6) is -2.45. The predicted molar refractivity (Wildman–Crippen MR) is 132 cm³/mol. The molecule has 0 bridgehead atoms. The number of amides is 1. The lowest BCUT2D eigenvalue weighted by atomic mass is 9.83. The number of nitriles is 1. The maximum absolute atomic E-state index is 13.5. The number of likely N-dealkylation sites (tertiary alicyclic amines) is 1. The van der Waals surface area contributed by atoms with Crippen LogP contribution < -0.4 is 10.6 Å². The van der Waals surface area contributed by atoms with Gasteiger partial charge < -0.3 is 20.6 Å². The van der Waals surface area contributed by atoms with E-state index in [0.717, 1.165) is 11.3 Å². The van der Waals surface area contributed by atoms with Crippen LogP contribution in [0.15, 0.2) is 30.5 Å². The molecule has 192 valence electrons. The van der Waals surface area contributed by atoms with Crippen molar-refractivity contribution >= 4 is 23.4 Å². The van der Waals surface area contributed by atoms with Crippen molar-refractivity contribution in [1.82, 2.24) is 24.6 Å². The predicted octanol–water partition coefficient (Wildman–Crippen LogP) is 3.04. The Bertz CT molecular complexity index is 1410. The summed E-state index contributed by atoms with van der Waals surface area (Å²) in [4.78, 5) is 23.0. The average molecular weight is 509 g/mol. The van der Waals surface area contributed by atoms with Crippen molar-refractivity contribution in [3.05, 3.63) is 47.3 Å². The van der Waals surface area contributed by atoms with Crippen molar-refractivity contribution in [3.63, 3.8) is 0 Å². The van der Waals surface area contributed by atoms with Crippen LogP contribution in [0, 0.1) is 11.3 Å². The van der Waals surface area contributed by atoms with Gasteiger partial charge in [-0.2, -0.15) is 10.4 Å². The Hall–Kier alpha value is -4.11. The van der Waals surface area contributed by atoms with Crippen LogP contribution in [0.3, 0.4) is 0 Å². The van der Waals surface area contributed by atoms with Gasteiger partial charge in [0.05, 0.1) is 23.6 Å². The monoisotopic (exact) mass is 508 g/mol. The lowest BCUT2D eigenvalue weighted by Crippen LogP contribution is -2.42. The molecule has 4 heterocycles. The largest absolute Gasteiger partial charge is 0.395 e. The number of alkyl halides is 2. The van der Waals surface area contributed by atoms with E-state index in [0.29, 0.717) is 29.2 Å². The van der Waals surface area contributed by atoms with Crippen LogP contribution in [-0.4, -0.2) is 67.8 Å². The number of piperidine rings is 1. The van der Waals surface area contributed by atoms with Gasteiger partial charge in [0.1, 0.15) is 11.9 Å². The molecule has 1 unspecified atom stereocenters. The number of nitrogens with zero attached hydrogens (tertiary/aromatic N) is 6. The molecule has 12 heteroatoms. The molecule has 0 spiro atoms. The Morgan fingerprint density at radius 1 is 1.30 bits per heavy atom. The van der Waals surface area contributed by atoms with Crippen LogP contribution in [0.25, 0.3) is 11.3 Å². The third kappa shape index (κ3) is 4.58. The first-order chi connectivity index (χ1) is 17.6. The van der Waals surface area contributed by atoms with Crippen LogP contribution in [0.1, 0.15) is 41.4 Å². The lowest BCUT2D eigenvalue weighted by molar-refractivity contribution is -0.0495. The number of aromatic nitrogens is 4. The summed E-state index contributed by atoms with van der Waals surface area (Å²) in [6.45, 7) is 2.34. The van der Waals surface area contributed by atoms with E-state index in [1.807, 2.05) is 13.0 Å². The Kier molecular flexibility index (Phi) is 6.03. The van der Waals surface area contributed by atoms with Crippen molar-refractivity contribution in [2.75, 3.05) is 36.9 Å². The summed E-state index contributed by atoms with van der Waals surface area (Å²) in [6, 6.07) is 9.13. The number of aliphatic hydroxyl groups is 1. The van der Waals surface area contributed by atoms with Crippen LogP contribution in [0.2, 0.25) is 0 Å². The highest BCUT2D eigenvalue weighted by Gasteiger charge is 2.37. The molecule has 1 aromatic carbocycles. The maximum Gasteiger partial charge on any atom is 0.274 e. The van der Waals surface area contributed by atoms with Crippen molar-refractivity contribution in [2.24, 2.45) is 7.05 Å². The number of hydrogen-bond donors (Lipinski definition) is 3. The normalized spacial score (nSPS) is 20.2. The van der Waals surface area contributed by atoms with Crippen molar-refractivity contribution in [1.29, 1.82) is 5.26 Å². The van der Waals surface area contributed by atoms with Crippen molar-refractivity contribution < 1.29 is 18.7 Å². The van der Waals surface area contributed by atoms with Gasteiger partial charge in [0, 0.05) is 62.8 Å². The SMILES string of the molecule is Cn1nc(C(=O)N2CCC(F)(F)CC2)cc1Nc1nccc(-c2cc(C#N)c3c(c2)C(C)(CO)CN3)n1. The van der Waals surface area contributed by atoms with E-state index in [-0.39, 0.29) is 44.2 Å². The summed E-state index contributed by atoms with van der Waals surface area (Å²) in [5, 5.41) is 30.2. The Labute approximate surface area is 211 Å². The highest BCUT2D eigenvalue weighted by atomic mass is 19.3. The van der Waals surface area contributed by atoms with E-state index < -0.39 is 17.2 Å². The fourth-order valence-electron chi connectivity index (χ4n) is 4.65. The molecule has 5 rings (SSSR count). The molecule has 3 N–H and O–H groups in total. The third-order valence-electron chi connectivity index (χ3n) is 6.99. The number of benzene rings is 1. The Balaban J connectivity index is 1.39. The molecule has 1 amide bonds. The smallest absolute Gasteiger partial charge is 0.274 e. The molecule has 2 aliphatic rings. The van der Waals surface area contributed by atoms with Crippen LogP contribution in [-0.2, 0) is 12.5 Å². The minimum Gasteiger partial charge on any atom is -0.395 e. The standard InChI is InChI=1S/C25H26F2N8O2/c1-24(14-36)13-30-21-16(12-28)9-15(10-17(21)24)18-3-6-29-23(31-18)32-20-11-19(33-34(20)2)22(37)35-7-4-25(26,27)5-8-35/h3,6,9-11,30,36H,4-5,7-8,13-14H2,1-2H3,(H,29,31,32). The molecule has 0 saturated carbocycles. The molecular formula is C25H26F2N8O2. The average Bonchev–Trinajstić information content (AvgIpc) is 3.43. The Morgan fingerprint density at radius 2 is 2.05 bits per heavy atom. The second-order valence-corrected chi connectivity index (χ2v) is 9.71. The minimum absolute atomic E-state index is 0.0212. The highest BCUT2D eigenvalue weighted by molar-refractivity contribution is 5.93. The topological polar surface area (TPSA) is 132 Å². The number of nitrogens with one attached hydrogen (secondary N) is 2. The van der Waals surface area contributed by atoms with Crippen LogP contribution in [0.4, 0.5) is 26.2 Å². The third-order valence-corrected chi connectivity index (χ3v) is 6.99. The number of anilines is 3. The van der Waals surface area contributed by atoms with E-state index in [4.69, 9.17) is 0 Å². The van der Waals surface area contributed by atoms with Gasteiger partial charge in [0.15, 0.2) is 5.69 Å². The van der Waals surface area contributed by atoms with Gasteiger partial charge in [-0.05, 0) is 23.8 Å². The summed E-state index contributed by atoms with van der Waals surface area (Å²) in [5.41, 5.74) is 2.92. The number of fused-ring (bicyclic) bond motifs is 1. The molecule has 2 aliphatic heterocycles. The van der Waals surface area contributed by atoms with E-state index >= 15 is 0 Å². The van der Waals surface area contributed by atoms with Gasteiger partial charge in [-0.3, -0.25) is 9.48 Å². The zero-order valence-corrected chi connectivity index (χ0v) is 20.4. The van der Waals surface area contributed by atoms with Crippen molar-refractivity contribution in [2.45, 2.75) is 31.1 Å². The number of rotatable bonds is 5. The first-order valence-corrected chi connectivity index (χ1v) is 11.9. The zero-order chi connectivity index (χ0) is 26.4. The van der Waals surface area contributed by atoms with E-state index in [9.17, 15) is 23.9 Å². The number of halogens is 2. The number of aliphatic hydroxyl groups excluding tert-OH is 1. The van der Waals surface area contributed by atoms with E-state index in [1.165, 1.54) is 15.6 Å². The van der Waals surface area contributed by atoms with Gasteiger partial charge >= 0.3 is 0 Å².